The van der Waals surface area contributed by atoms with Crippen LogP contribution in [0.1, 0.15) is 51.5 Å². The zero-order chi connectivity index (χ0) is 19.7. The van der Waals surface area contributed by atoms with E-state index < -0.39 is 29.4 Å². The summed E-state index contributed by atoms with van der Waals surface area (Å²) in [5.74, 6) is -3.94. The number of rotatable bonds is 4. The highest BCUT2D eigenvalue weighted by Gasteiger charge is 2.43. The van der Waals surface area contributed by atoms with Crippen LogP contribution in [0.25, 0.3) is 0 Å². The molecule has 2 atom stereocenters. The summed E-state index contributed by atoms with van der Waals surface area (Å²) < 4.78 is 32.8. The van der Waals surface area contributed by atoms with Crippen molar-refractivity contribution >= 4 is 17.5 Å². The van der Waals surface area contributed by atoms with E-state index in [2.05, 4.69) is 4.99 Å². The Morgan fingerprint density at radius 2 is 2.00 bits per heavy atom. The third-order valence-corrected chi connectivity index (χ3v) is 4.95. The highest BCUT2D eigenvalue weighted by atomic mass is 19.2. The van der Waals surface area contributed by atoms with Gasteiger partial charge in [0, 0.05) is 29.3 Å². The first kappa shape index (κ1) is 19.4. The third-order valence-electron chi connectivity index (χ3n) is 4.95. The maximum Gasteiger partial charge on any atom is 0.315 e. The highest BCUT2D eigenvalue weighted by Crippen LogP contribution is 2.43. The number of aliphatic imine (C=N–C) groups is 1. The fourth-order valence-corrected chi connectivity index (χ4v) is 3.72. The molecule has 1 aliphatic heterocycles. The predicted octanol–water partition coefficient (Wildman–Crippen LogP) is 4.35. The molecule has 0 saturated heterocycles. The van der Waals surface area contributed by atoms with Crippen molar-refractivity contribution in [2.75, 3.05) is 6.61 Å². The Bertz CT molecular complexity index is 842. The minimum atomic E-state index is -1.01. The summed E-state index contributed by atoms with van der Waals surface area (Å²) in [6.45, 7) is 5.81. The summed E-state index contributed by atoms with van der Waals surface area (Å²) in [5.41, 5.74) is 2.00. The van der Waals surface area contributed by atoms with E-state index in [9.17, 15) is 18.4 Å². The van der Waals surface area contributed by atoms with Crippen molar-refractivity contribution in [1.82, 2.24) is 0 Å². The molecule has 0 N–H and O–H groups in total. The van der Waals surface area contributed by atoms with Crippen molar-refractivity contribution < 1.29 is 23.1 Å². The van der Waals surface area contributed by atoms with Crippen LogP contribution >= 0.6 is 0 Å². The third kappa shape index (κ3) is 3.84. The van der Waals surface area contributed by atoms with Crippen LogP contribution in [0.4, 0.5) is 8.78 Å². The number of ketones is 1. The summed E-state index contributed by atoms with van der Waals surface area (Å²) in [6.07, 6.45) is 1.69. The van der Waals surface area contributed by atoms with Gasteiger partial charge in [-0.05, 0) is 43.4 Å². The lowest BCUT2D eigenvalue weighted by Crippen LogP contribution is -2.37. The van der Waals surface area contributed by atoms with Gasteiger partial charge in [-0.2, -0.15) is 0 Å². The standard InChI is InChI=1S/C21H23F2NO3/c1-11(2)10-27-21(26)18-12(3)24-16-5-4-6-17(25)20(16)19(18)13-7-8-14(22)15(23)9-13/h7-9,11,18-19H,4-6,10H2,1-3H3/t18?,19-/m0/s1. The summed E-state index contributed by atoms with van der Waals surface area (Å²) in [7, 11) is 0. The first-order valence-corrected chi connectivity index (χ1v) is 9.22. The average Bonchev–Trinajstić information content (AvgIpc) is 2.61. The van der Waals surface area contributed by atoms with Gasteiger partial charge in [0.2, 0.25) is 0 Å². The van der Waals surface area contributed by atoms with Crippen LogP contribution in [0, 0.1) is 23.5 Å². The Morgan fingerprint density at radius 3 is 2.67 bits per heavy atom. The van der Waals surface area contributed by atoms with Crippen molar-refractivity contribution in [3.63, 3.8) is 0 Å². The molecular formula is C21H23F2NO3. The zero-order valence-electron chi connectivity index (χ0n) is 15.7. The predicted molar refractivity (Wildman–Crippen MR) is 97.4 cm³/mol. The molecule has 27 heavy (non-hydrogen) atoms. The SMILES string of the molecule is CC1=NC2=C(C(=O)CCC2)[C@@H](c2ccc(F)c(F)c2)C1C(=O)OCC(C)C. The zero-order valence-corrected chi connectivity index (χ0v) is 15.7. The minimum Gasteiger partial charge on any atom is -0.465 e. The molecule has 1 heterocycles. The molecule has 0 aromatic heterocycles. The first-order valence-electron chi connectivity index (χ1n) is 9.22. The number of hydrogen-bond acceptors (Lipinski definition) is 4. The van der Waals surface area contributed by atoms with Crippen molar-refractivity contribution in [1.29, 1.82) is 0 Å². The molecule has 0 amide bonds. The molecular weight excluding hydrogens is 352 g/mol. The van der Waals surface area contributed by atoms with E-state index in [-0.39, 0.29) is 18.3 Å². The van der Waals surface area contributed by atoms with Gasteiger partial charge in [0.1, 0.15) is 5.92 Å². The normalized spacial score (nSPS) is 22.6. The topological polar surface area (TPSA) is 55.7 Å². The molecule has 1 aromatic rings. The van der Waals surface area contributed by atoms with Crippen molar-refractivity contribution in [2.45, 2.75) is 46.0 Å². The van der Waals surface area contributed by atoms with Gasteiger partial charge in [0.25, 0.3) is 0 Å². The number of benzene rings is 1. The molecule has 1 aromatic carbocycles. The molecule has 2 aliphatic rings. The van der Waals surface area contributed by atoms with Gasteiger partial charge >= 0.3 is 5.97 Å². The van der Waals surface area contributed by atoms with Crippen LogP contribution in [-0.2, 0) is 14.3 Å². The molecule has 0 saturated carbocycles. The van der Waals surface area contributed by atoms with E-state index in [0.717, 1.165) is 12.1 Å². The highest BCUT2D eigenvalue weighted by molar-refractivity contribution is 6.08. The van der Waals surface area contributed by atoms with Crippen molar-refractivity contribution in [3.05, 3.63) is 46.7 Å². The monoisotopic (exact) mass is 375 g/mol. The number of Topliss-reactive ketones (excluding diaryl/α,β-unsaturated/α-hetero) is 1. The minimum absolute atomic E-state index is 0.0936. The van der Waals surface area contributed by atoms with Gasteiger partial charge < -0.3 is 4.74 Å². The van der Waals surface area contributed by atoms with E-state index in [0.29, 0.717) is 41.8 Å². The number of carbonyl (C=O) groups is 2. The quantitative estimate of drug-likeness (QED) is 0.736. The number of nitrogens with zero attached hydrogens (tertiary/aromatic N) is 1. The lowest BCUT2D eigenvalue weighted by atomic mass is 9.71. The summed E-state index contributed by atoms with van der Waals surface area (Å²) in [4.78, 5) is 30.0. The number of carbonyl (C=O) groups excluding carboxylic acids is 2. The van der Waals surface area contributed by atoms with E-state index in [1.165, 1.54) is 6.07 Å². The van der Waals surface area contributed by atoms with Crippen LogP contribution in [0.2, 0.25) is 0 Å². The number of hydrogen-bond donors (Lipinski definition) is 0. The molecule has 3 rings (SSSR count). The second-order valence-electron chi connectivity index (χ2n) is 7.54. The van der Waals surface area contributed by atoms with Gasteiger partial charge in [-0.1, -0.05) is 19.9 Å². The van der Waals surface area contributed by atoms with Crippen LogP contribution in [-0.4, -0.2) is 24.1 Å². The maximum atomic E-state index is 13.9. The molecule has 1 aliphatic carbocycles. The number of halogens is 2. The van der Waals surface area contributed by atoms with Gasteiger partial charge in [-0.25, -0.2) is 8.78 Å². The number of ether oxygens (including phenoxy) is 1. The molecule has 1 unspecified atom stereocenters. The largest absolute Gasteiger partial charge is 0.465 e. The van der Waals surface area contributed by atoms with E-state index in [1.807, 2.05) is 13.8 Å². The van der Waals surface area contributed by atoms with Gasteiger partial charge in [0.05, 0.1) is 6.61 Å². The Hall–Kier alpha value is -2.37. The van der Waals surface area contributed by atoms with Gasteiger partial charge in [-0.15, -0.1) is 0 Å². The van der Waals surface area contributed by atoms with Crippen LogP contribution < -0.4 is 0 Å². The van der Waals surface area contributed by atoms with Crippen LogP contribution in [0.15, 0.2) is 34.5 Å². The lowest BCUT2D eigenvalue weighted by Gasteiger charge is -2.34. The van der Waals surface area contributed by atoms with E-state index in [1.54, 1.807) is 6.92 Å². The van der Waals surface area contributed by atoms with Crippen molar-refractivity contribution in [2.24, 2.45) is 16.8 Å². The smallest absolute Gasteiger partial charge is 0.315 e. The summed E-state index contributed by atoms with van der Waals surface area (Å²) in [6, 6.07) is 3.51. The lowest BCUT2D eigenvalue weighted by molar-refractivity contribution is -0.147. The molecule has 0 bridgehead atoms. The second kappa shape index (κ2) is 7.71. The Balaban J connectivity index is 2.09. The van der Waals surface area contributed by atoms with E-state index >= 15 is 0 Å². The van der Waals surface area contributed by atoms with Crippen molar-refractivity contribution in [3.8, 4) is 0 Å². The van der Waals surface area contributed by atoms with Crippen LogP contribution in [0.5, 0.6) is 0 Å². The molecule has 6 heteroatoms. The molecule has 0 radical (unpaired) electrons. The fraction of sp³-hybridized carbons (Fsp3) is 0.476. The first-order chi connectivity index (χ1) is 12.8. The molecule has 144 valence electrons. The second-order valence-corrected chi connectivity index (χ2v) is 7.54. The van der Waals surface area contributed by atoms with E-state index in [4.69, 9.17) is 4.74 Å². The Kier molecular flexibility index (Phi) is 5.53. The Morgan fingerprint density at radius 1 is 1.26 bits per heavy atom. The Labute approximate surface area is 157 Å². The fourth-order valence-electron chi connectivity index (χ4n) is 3.72. The number of allylic oxidation sites excluding steroid dienone is 2. The van der Waals surface area contributed by atoms with Gasteiger partial charge in [0.15, 0.2) is 17.4 Å². The summed E-state index contributed by atoms with van der Waals surface area (Å²) >= 11 is 0. The van der Waals surface area contributed by atoms with Crippen LogP contribution in [0.3, 0.4) is 0 Å². The average molecular weight is 375 g/mol. The molecule has 0 fully saturated rings. The van der Waals surface area contributed by atoms with Gasteiger partial charge in [-0.3, -0.25) is 14.6 Å². The maximum absolute atomic E-state index is 13.9. The molecule has 0 spiro atoms. The summed E-state index contributed by atoms with van der Waals surface area (Å²) in [5, 5.41) is 0. The number of esters is 1. The molecule has 4 nitrogen and oxygen atoms in total.